The third-order valence-corrected chi connectivity index (χ3v) is 6.77. The number of anilines is 1. The fourth-order valence-corrected chi connectivity index (χ4v) is 3.66. The van der Waals surface area contributed by atoms with E-state index in [1.807, 2.05) is 0 Å². The molecule has 0 unspecified atom stereocenters. The molecule has 0 aliphatic carbocycles. The maximum atomic E-state index is 13.0. The molecule has 2 aromatic carbocycles. The van der Waals surface area contributed by atoms with Gasteiger partial charge in [0.25, 0.3) is 11.8 Å². The maximum absolute atomic E-state index is 13.0. The second kappa shape index (κ2) is 8.17. The Balaban J connectivity index is 2.11. The Bertz CT molecular complexity index is 1100. The summed E-state index contributed by atoms with van der Waals surface area (Å²) in [7, 11) is 1.37. The van der Waals surface area contributed by atoms with E-state index in [2.05, 4.69) is 37.2 Å². The highest BCUT2D eigenvalue weighted by atomic mass is 79.9. The van der Waals surface area contributed by atoms with Gasteiger partial charge in [-0.1, -0.05) is 17.7 Å². The first kappa shape index (κ1) is 21.4. The van der Waals surface area contributed by atoms with E-state index in [-0.39, 0.29) is 27.2 Å². The van der Waals surface area contributed by atoms with E-state index in [0.29, 0.717) is 15.1 Å². The van der Waals surface area contributed by atoms with Crippen molar-refractivity contribution in [1.29, 1.82) is 0 Å². The van der Waals surface area contributed by atoms with Gasteiger partial charge in [-0.2, -0.15) is 0 Å². The van der Waals surface area contributed by atoms with Gasteiger partial charge in [-0.25, -0.2) is 9.69 Å². The van der Waals surface area contributed by atoms with Crippen LogP contribution in [0.2, 0.25) is 5.02 Å². The molecule has 3 rings (SSSR count). The monoisotopic (exact) mass is 542 g/mol. The number of barbiturate groups is 1. The molecule has 29 heavy (non-hydrogen) atoms. The predicted octanol–water partition coefficient (Wildman–Crippen LogP) is 4.55. The van der Waals surface area contributed by atoms with Crippen LogP contribution in [0.3, 0.4) is 0 Å². The summed E-state index contributed by atoms with van der Waals surface area (Å²) in [4.78, 5) is 38.5. The zero-order valence-corrected chi connectivity index (χ0v) is 19.0. The van der Waals surface area contributed by atoms with Gasteiger partial charge in [-0.15, -0.1) is 0 Å². The number of ether oxygens (including phenoxy) is 1. The number of imide groups is 2. The molecule has 0 atom stereocenters. The first-order chi connectivity index (χ1) is 13.6. The van der Waals surface area contributed by atoms with Gasteiger partial charge in [0.1, 0.15) is 5.57 Å². The fourth-order valence-electron chi connectivity index (χ4n) is 2.64. The molecule has 0 bridgehead atoms. The number of phenolic OH excluding ortho intramolecular Hbond substituents is 1. The molecule has 0 radical (unpaired) electrons. The lowest BCUT2D eigenvalue weighted by molar-refractivity contribution is -0.122. The molecule has 0 spiro atoms. The van der Waals surface area contributed by atoms with Crippen LogP contribution in [-0.4, -0.2) is 30.1 Å². The van der Waals surface area contributed by atoms with Crippen molar-refractivity contribution < 1.29 is 24.2 Å². The summed E-state index contributed by atoms with van der Waals surface area (Å²) in [6.07, 6.45) is 1.30. The number of rotatable bonds is 3. The second-order valence-electron chi connectivity index (χ2n) is 6.04. The highest BCUT2D eigenvalue weighted by molar-refractivity contribution is 9.13. The molecule has 1 saturated heterocycles. The van der Waals surface area contributed by atoms with Gasteiger partial charge >= 0.3 is 6.03 Å². The van der Waals surface area contributed by atoms with Crippen LogP contribution in [0, 0.1) is 6.92 Å². The van der Waals surface area contributed by atoms with Gasteiger partial charge in [0.05, 0.1) is 17.3 Å². The van der Waals surface area contributed by atoms with Crippen molar-refractivity contribution in [1.82, 2.24) is 5.32 Å². The zero-order valence-electron chi connectivity index (χ0n) is 15.0. The Morgan fingerprint density at radius 2 is 1.86 bits per heavy atom. The number of hydrogen-bond acceptors (Lipinski definition) is 5. The lowest BCUT2D eigenvalue weighted by atomic mass is 10.1. The number of hydrogen-bond donors (Lipinski definition) is 2. The number of benzene rings is 2. The van der Waals surface area contributed by atoms with E-state index >= 15 is 0 Å². The molecule has 4 amide bonds. The van der Waals surface area contributed by atoms with E-state index in [0.717, 1.165) is 10.5 Å². The zero-order chi connectivity index (χ0) is 21.5. The van der Waals surface area contributed by atoms with E-state index in [1.165, 1.54) is 25.3 Å². The molecule has 0 saturated carbocycles. The number of aromatic hydroxyl groups is 1. The molecule has 7 nitrogen and oxygen atoms in total. The van der Waals surface area contributed by atoms with E-state index < -0.39 is 17.8 Å². The normalized spacial score (nSPS) is 15.7. The molecule has 1 fully saturated rings. The second-order valence-corrected chi connectivity index (χ2v) is 8.03. The number of phenols is 1. The Morgan fingerprint density at radius 3 is 2.48 bits per heavy atom. The number of methoxy groups -OCH3 is 1. The van der Waals surface area contributed by atoms with E-state index in [9.17, 15) is 19.5 Å². The lowest BCUT2D eigenvalue weighted by Crippen LogP contribution is -2.54. The van der Waals surface area contributed by atoms with Gasteiger partial charge < -0.3 is 9.84 Å². The smallest absolute Gasteiger partial charge is 0.335 e. The average Bonchev–Trinajstić information content (AvgIpc) is 2.67. The minimum Gasteiger partial charge on any atom is -0.503 e. The Hall–Kier alpha value is -2.36. The van der Waals surface area contributed by atoms with Crippen LogP contribution in [-0.2, 0) is 9.59 Å². The van der Waals surface area contributed by atoms with Gasteiger partial charge in [-0.05, 0) is 74.2 Å². The van der Waals surface area contributed by atoms with Crippen molar-refractivity contribution >= 4 is 73.1 Å². The highest BCUT2D eigenvalue weighted by Crippen LogP contribution is 2.42. The number of carbonyl (C=O) groups excluding carboxylic acids is 3. The number of halogens is 3. The van der Waals surface area contributed by atoms with Crippen LogP contribution < -0.4 is 15.0 Å². The fraction of sp³-hybridized carbons (Fsp3) is 0.105. The number of nitrogens with one attached hydrogen (secondary N) is 1. The number of nitrogens with zero attached hydrogens (tertiary/aromatic N) is 1. The van der Waals surface area contributed by atoms with Crippen molar-refractivity contribution in [2.45, 2.75) is 6.92 Å². The maximum Gasteiger partial charge on any atom is 0.335 e. The molecular weight excluding hydrogens is 531 g/mol. The molecule has 10 heteroatoms. The minimum atomic E-state index is -0.874. The lowest BCUT2D eigenvalue weighted by Gasteiger charge is -2.26. The van der Waals surface area contributed by atoms with Gasteiger partial charge in [0.15, 0.2) is 11.5 Å². The quantitative estimate of drug-likeness (QED) is 0.437. The van der Waals surface area contributed by atoms with Crippen LogP contribution in [0.5, 0.6) is 11.5 Å². The Labute approximate surface area is 187 Å². The third-order valence-electron chi connectivity index (χ3n) is 4.21. The summed E-state index contributed by atoms with van der Waals surface area (Å²) in [5.41, 5.74) is 1.10. The molecule has 1 aliphatic heterocycles. The van der Waals surface area contributed by atoms with Gasteiger partial charge in [0, 0.05) is 9.50 Å². The molecule has 150 valence electrons. The average molecular weight is 545 g/mol. The summed E-state index contributed by atoms with van der Waals surface area (Å²) < 4.78 is 5.78. The van der Waals surface area contributed by atoms with Crippen molar-refractivity contribution in [2.24, 2.45) is 0 Å². The van der Waals surface area contributed by atoms with E-state index in [1.54, 1.807) is 19.1 Å². The van der Waals surface area contributed by atoms with Gasteiger partial charge in [0.2, 0.25) is 0 Å². The molecule has 1 heterocycles. The van der Waals surface area contributed by atoms with Crippen molar-refractivity contribution in [3.63, 3.8) is 0 Å². The van der Waals surface area contributed by atoms with Crippen molar-refractivity contribution in [2.75, 3.05) is 12.0 Å². The predicted molar refractivity (Wildman–Crippen MR) is 115 cm³/mol. The minimum absolute atomic E-state index is 0.133. The molecule has 1 aliphatic rings. The number of urea groups is 1. The van der Waals surface area contributed by atoms with E-state index in [4.69, 9.17) is 16.3 Å². The summed E-state index contributed by atoms with van der Waals surface area (Å²) >= 11 is 12.6. The van der Waals surface area contributed by atoms with Crippen LogP contribution in [0.25, 0.3) is 6.08 Å². The largest absolute Gasteiger partial charge is 0.503 e. The summed E-state index contributed by atoms with van der Waals surface area (Å²) in [5.74, 6) is -1.67. The Kier molecular flexibility index (Phi) is 6.02. The van der Waals surface area contributed by atoms with Crippen molar-refractivity contribution in [3.8, 4) is 11.5 Å². The molecule has 2 N–H and O–H groups in total. The SMILES string of the molecule is COc1cc(/C=C2/C(=O)NC(=O)N(c3ccc(C)c(Cl)c3)C2=O)c(Br)c(Br)c1O. The molecule has 2 aromatic rings. The molecule has 0 aromatic heterocycles. The van der Waals surface area contributed by atoms with Crippen molar-refractivity contribution in [3.05, 3.63) is 54.9 Å². The summed E-state index contributed by atoms with van der Waals surface area (Å²) in [6.45, 7) is 1.78. The number of aryl methyl sites for hydroxylation is 1. The van der Waals surface area contributed by atoms with Crippen LogP contribution >= 0.6 is 43.5 Å². The van der Waals surface area contributed by atoms with Gasteiger partial charge in [-0.3, -0.25) is 14.9 Å². The topological polar surface area (TPSA) is 95.9 Å². The standard InChI is InChI=1S/C19H13Br2ClN2O5/c1-8-3-4-10(7-12(8)22)24-18(27)11(17(26)23-19(24)28)5-9-6-13(29-2)16(25)15(21)14(9)20/h3-7,25H,1-2H3,(H,23,26,28)/b11-5-. The summed E-state index contributed by atoms with van der Waals surface area (Å²) in [5, 5.41) is 12.6. The molecular formula is C19H13Br2ClN2O5. The summed E-state index contributed by atoms with van der Waals surface area (Å²) in [6, 6.07) is 5.26. The first-order valence-corrected chi connectivity index (χ1v) is 10.0. The van der Waals surface area contributed by atoms with Crippen LogP contribution in [0.1, 0.15) is 11.1 Å². The highest BCUT2D eigenvalue weighted by Gasteiger charge is 2.37. The number of amides is 4. The van der Waals surface area contributed by atoms with Crippen LogP contribution in [0.15, 0.2) is 38.8 Å². The Morgan fingerprint density at radius 1 is 1.17 bits per heavy atom. The first-order valence-electron chi connectivity index (χ1n) is 8.08. The number of carbonyl (C=O) groups is 3. The third kappa shape index (κ3) is 3.90. The van der Waals surface area contributed by atoms with Crippen LogP contribution in [0.4, 0.5) is 10.5 Å².